The topological polar surface area (TPSA) is 16.4 Å². The van der Waals surface area contributed by atoms with E-state index < -0.39 is 0 Å². The second kappa shape index (κ2) is 9.59. The van der Waals surface area contributed by atoms with E-state index in [1.165, 1.54) is 4.70 Å². The van der Waals surface area contributed by atoms with Gasteiger partial charge in [0.15, 0.2) is 0 Å². The lowest BCUT2D eigenvalue weighted by Crippen LogP contribution is -2.10. The van der Waals surface area contributed by atoms with Crippen molar-refractivity contribution < 1.29 is 9.90 Å². The Bertz CT molecular complexity index is 2670. The number of thiophene rings is 1. The summed E-state index contributed by atoms with van der Waals surface area (Å²) in [6, 6.07) is 41.3. The summed E-state index contributed by atoms with van der Waals surface area (Å²) < 4.78 is 46.1. The number of anilines is 3. The molecular weight excluding hydrogens is 543 g/mol. The number of nitrogens with zero attached hydrogens (tertiary/aromatic N) is 1. The molecule has 0 radical (unpaired) electrons. The van der Waals surface area contributed by atoms with E-state index in [1.807, 2.05) is 102 Å². The molecule has 2 heterocycles. The van der Waals surface area contributed by atoms with Crippen LogP contribution >= 0.6 is 11.3 Å². The molecule has 43 heavy (non-hydrogen) atoms. The molecule has 0 saturated heterocycles. The Balaban J connectivity index is 1.31. The minimum atomic E-state index is -0.115. The average molecular weight is 572 g/mol. The molecule has 0 amide bonds. The fourth-order valence-corrected chi connectivity index (χ4v) is 7.22. The van der Waals surface area contributed by atoms with Gasteiger partial charge in [-0.25, -0.2) is 0 Å². The molecule has 7 aromatic carbocycles. The first-order chi connectivity index (χ1) is 23.0. The van der Waals surface area contributed by atoms with Gasteiger partial charge < -0.3 is 9.32 Å². The molecule has 9 rings (SSSR count). The van der Waals surface area contributed by atoms with Gasteiger partial charge in [-0.1, -0.05) is 90.9 Å². The molecule has 0 atom stereocenters. The van der Waals surface area contributed by atoms with Gasteiger partial charge in [0.1, 0.15) is 11.2 Å². The summed E-state index contributed by atoms with van der Waals surface area (Å²) in [6.45, 7) is 0. The van der Waals surface area contributed by atoms with Crippen LogP contribution in [-0.4, -0.2) is 0 Å². The molecule has 2 nitrogen and oxygen atoms in total. The molecule has 0 saturated carbocycles. The normalized spacial score (nSPS) is 13.0. The maximum absolute atomic E-state index is 9.40. The van der Waals surface area contributed by atoms with Crippen molar-refractivity contribution >= 4 is 81.3 Å². The highest BCUT2D eigenvalue weighted by molar-refractivity contribution is 7.25. The van der Waals surface area contributed by atoms with Crippen molar-refractivity contribution in [1.82, 2.24) is 0 Å². The lowest BCUT2D eigenvalue weighted by Gasteiger charge is -2.26. The summed E-state index contributed by atoms with van der Waals surface area (Å²) in [6.07, 6.45) is 0. The van der Waals surface area contributed by atoms with E-state index in [1.54, 1.807) is 11.3 Å². The molecule has 0 aliphatic rings. The summed E-state index contributed by atoms with van der Waals surface area (Å²) in [4.78, 5) is 1.84. The van der Waals surface area contributed by atoms with E-state index in [2.05, 4.69) is 30.3 Å². The highest BCUT2D eigenvalue weighted by atomic mass is 32.1. The largest absolute Gasteiger partial charge is 0.455 e. The highest BCUT2D eigenvalue weighted by Crippen LogP contribution is 2.44. The van der Waals surface area contributed by atoms with Gasteiger partial charge in [-0.05, 0) is 77.1 Å². The molecular formula is C40H25NOS. The molecule has 0 spiro atoms. The van der Waals surface area contributed by atoms with Crippen molar-refractivity contribution in [1.29, 1.82) is 0 Å². The van der Waals surface area contributed by atoms with Crippen LogP contribution in [-0.2, 0) is 0 Å². The van der Waals surface area contributed by atoms with Gasteiger partial charge in [0.05, 0.1) is 16.6 Å². The van der Waals surface area contributed by atoms with Gasteiger partial charge in [0, 0.05) is 42.3 Å². The van der Waals surface area contributed by atoms with E-state index in [9.17, 15) is 5.48 Å². The summed E-state index contributed by atoms with van der Waals surface area (Å²) in [5.41, 5.74) is 4.00. The fraction of sp³-hybridized carbons (Fsp3) is 0. The third-order valence-electron chi connectivity index (χ3n) is 8.12. The van der Waals surface area contributed by atoms with E-state index in [0.29, 0.717) is 16.8 Å². The van der Waals surface area contributed by atoms with Crippen molar-refractivity contribution in [2.75, 3.05) is 4.90 Å². The minimum Gasteiger partial charge on any atom is -0.455 e. The number of hydrogen-bond acceptors (Lipinski definition) is 3. The zero-order valence-corrected chi connectivity index (χ0v) is 23.7. The third kappa shape index (κ3) is 3.86. The highest BCUT2D eigenvalue weighted by Gasteiger charge is 2.20. The standard InChI is InChI=1S/C40H25NOS/c1-2-10-29(11-3-1)41(35-14-8-15-36-39(35)33-23-19-27-9-4-5-12-31(27)40(33)42-36)30-21-17-26(18-22-30)28-20-24-38-34(25-28)32-13-6-7-16-37(32)43-38/h1-25H/i17D,18D,21D,22D. The van der Waals surface area contributed by atoms with Crippen molar-refractivity contribution in [3.63, 3.8) is 0 Å². The van der Waals surface area contributed by atoms with Crippen LogP contribution in [0, 0.1) is 0 Å². The predicted octanol–water partition coefficient (Wildman–Crippen LogP) is 12.2. The van der Waals surface area contributed by atoms with Gasteiger partial charge >= 0.3 is 0 Å². The van der Waals surface area contributed by atoms with Crippen molar-refractivity contribution in [2.24, 2.45) is 0 Å². The zero-order chi connectivity index (χ0) is 31.8. The molecule has 2 aromatic heterocycles. The van der Waals surface area contributed by atoms with Crippen LogP contribution < -0.4 is 4.90 Å². The Hall–Kier alpha value is -5.38. The van der Waals surface area contributed by atoms with E-state index >= 15 is 0 Å². The molecule has 9 aromatic rings. The Morgan fingerprint density at radius 2 is 1.30 bits per heavy atom. The van der Waals surface area contributed by atoms with Crippen LogP contribution in [0.3, 0.4) is 0 Å². The monoisotopic (exact) mass is 571 g/mol. The maximum Gasteiger partial charge on any atom is 0.143 e. The summed E-state index contributed by atoms with van der Waals surface area (Å²) in [5.74, 6) is 0. The number of furan rings is 1. The molecule has 202 valence electrons. The molecule has 0 bridgehead atoms. The van der Waals surface area contributed by atoms with Gasteiger partial charge in [-0.15, -0.1) is 11.3 Å². The van der Waals surface area contributed by atoms with Crippen molar-refractivity contribution in [3.05, 3.63) is 152 Å². The van der Waals surface area contributed by atoms with Gasteiger partial charge in [-0.3, -0.25) is 0 Å². The van der Waals surface area contributed by atoms with E-state index in [0.717, 1.165) is 48.3 Å². The SMILES string of the molecule is [2H]c1c([2H])c(N(c2ccccc2)c2cccc3oc4c5ccccc5ccc4c23)c([2H])c([2H])c1-c1ccc2sc3ccccc3c2c1. The Morgan fingerprint density at radius 1 is 0.535 bits per heavy atom. The zero-order valence-electron chi connectivity index (χ0n) is 26.9. The van der Waals surface area contributed by atoms with Gasteiger partial charge in [-0.2, -0.15) is 0 Å². The second-order valence-electron chi connectivity index (χ2n) is 10.6. The lowest BCUT2D eigenvalue weighted by molar-refractivity contribution is 0.672. The number of rotatable bonds is 4. The fourth-order valence-electron chi connectivity index (χ4n) is 6.13. The van der Waals surface area contributed by atoms with E-state index in [4.69, 9.17) is 4.42 Å². The summed E-state index contributed by atoms with van der Waals surface area (Å²) in [5, 5.41) is 5.99. The van der Waals surface area contributed by atoms with Crippen molar-refractivity contribution in [2.45, 2.75) is 0 Å². The summed E-state index contributed by atoms with van der Waals surface area (Å²) in [7, 11) is 0. The molecule has 0 aliphatic heterocycles. The quantitative estimate of drug-likeness (QED) is 0.209. The second-order valence-corrected chi connectivity index (χ2v) is 11.7. The predicted molar refractivity (Wildman–Crippen MR) is 184 cm³/mol. The number of hydrogen-bond donors (Lipinski definition) is 0. The smallest absolute Gasteiger partial charge is 0.143 e. The van der Waals surface area contributed by atoms with Crippen LogP contribution in [0.1, 0.15) is 5.48 Å². The Labute approximate surface area is 258 Å². The van der Waals surface area contributed by atoms with E-state index in [-0.39, 0.29) is 35.4 Å². The van der Waals surface area contributed by atoms with Crippen LogP contribution in [0.5, 0.6) is 0 Å². The van der Waals surface area contributed by atoms with Gasteiger partial charge in [0.2, 0.25) is 0 Å². The van der Waals surface area contributed by atoms with Crippen LogP contribution in [0.15, 0.2) is 156 Å². The molecule has 0 aliphatic carbocycles. The number of benzene rings is 7. The first kappa shape index (κ1) is 20.5. The third-order valence-corrected chi connectivity index (χ3v) is 9.27. The van der Waals surface area contributed by atoms with Crippen LogP contribution in [0.2, 0.25) is 0 Å². The Morgan fingerprint density at radius 3 is 2.19 bits per heavy atom. The summed E-state index contributed by atoms with van der Waals surface area (Å²) >= 11 is 1.70. The molecule has 0 N–H and O–H groups in total. The average Bonchev–Trinajstić information content (AvgIpc) is 3.68. The first-order valence-corrected chi connectivity index (χ1v) is 15.0. The number of fused-ring (bicyclic) bond motifs is 8. The number of para-hydroxylation sites is 1. The van der Waals surface area contributed by atoms with Crippen LogP contribution in [0.25, 0.3) is 64.0 Å². The van der Waals surface area contributed by atoms with Crippen LogP contribution in [0.4, 0.5) is 17.1 Å². The molecule has 0 unspecified atom stereocenters. The van der Waals surface area contributed by atoms with Crippen molar-refractivity contribution in [3.8, 4) is 11.1 Å². The minimum absolute atomic E-state index is 0.0870. The van der Waals surface area contributed by atoms with Gasteiger partial charge in [0.25, 0.3) is 0 Å². The lowest BCUT2D eigenvalue weighted by atomic mass is 10.0. The first-order valence-electron chi connectivity index (χ1n) is 16.2. The molecule has 0 fully saturated rings. The maximum atomic E-state index is 9.40. The molecule has 3 heteroatoms. The Kier molecular flexibility index (Phi) is 4.57.